The normalized spacial score (nSPS) is 16.1. The highest BCUT2D eigenvalue weighted by Gasteiger charge is 2.33. The Morgan fingerprint density at radius 3 is 2.27 bits per heavy atom. The van der Waals surface area contributed by atoms with Gasteiger partial charge in [0.05, 0.1) is 39.5 Å². The molecule has 2 aromatic carbocycles. The second-order valence-corrected chi connectivity index (χ2v) is 11.6. The van der Waals surface area contributed by atoms with Gasteiger partial charge in [0.1, 0.15) is 5.84 Å². The van der Waals surface area contributed by atoms with E-state index in [1.54, 1.807) is 11.0 Å². The van der Waals surface area contributed by atoms with Crippen LogP contribution in [0.5, 0.6) is 11.5 Å². The maximum atomic E-state index is 15.2. The molecule has 2 aliphatic heterocycles. The highest BCUT2D eigenvalue weighted by atomic mass is 19.1. The summed E-state index contributed by atoms with van der Waals surface area (Å²) in [7, 11) is 2.80. The molecular weight excluding hydrogens is 527 g/mol. The molecule has 10 heteroatoms. The number of Topliss-reactive ketones (excluding diaryl/α,β-unsaturated/α-hetero) is 1. The van der Waals surface area contributed by atoms with Gasteiger partial charge in [-0.3, -0.25) is 24.8 Å². The zero-order valence-corrected chi connectivity index (χ0v) is 24.9. The molecule has 1 saturated heterocycles. The third-order valence-electron chi connectivity index (χ3n) is 7.65. The number of esters is 1. The number of piperazine rings is 1. The molecule has 1 fully saturated rings. The summed E-state index contributed by atoms with van der Waals surface area (Å²) in [6, 6.07) is 7.69. The van der Waals surface area contributed by atoms with E-state index in [4.69, 9.17) is 19.6 Å². The molecule has 0 bridgehead atoms. The summed E-state index contributed by atoms with van der Waals surface area (Å²) in [5.74, 6) is -0.811. The van der Waals surface area contributed by atoms with Gasteiger partial charge in [0.2, 0.25) is 0 Å². The van der Waals surface area contributed by atoms with Crippen LogP contribution in [0.15, 0.2) is 24.3 Å². The smallest absolute Gasteiger partial charge is 0.320 e. The van der Waals surface area contributed by atoms with Crippen LogP contribution < -0.4 is 9.47 Å². The van der Waals surface area contributed by atoms with Gasteiger partial charge in [0.25, 0.3) is 0 Å². The number of fused-ring (bicyclic) bond motifs is 1. The van der Waals surface area contributed by atoms with Crippen LogP contribution in [-0.2, 0) is 28.0 Å². The largest absolute Gasteiger partial charge is 0.493 e. The topological polar surface area (TPSA) is 95.4 Å². The quantitative estimate of drug-likeness (QED) is 0.341. The highest BCUT2D eigenvalue weighted by Crippen LogP contribution is 2.38. The lowest BCUT2D eigenvalue weighted by Gasteiger charge is -2.34. The zero-order valence-electron chi connectivity index (χ0n) is 24.9. The van der Waals surface area contributed by atoms with Crippen LogP contribution in [-0.4, -0.2) is 92.4 Å². The van der Waals surface area contributed by atoms with Crippen LogP contribution in [0.2, 0.25) is 0 Å². The molecule has 2 aliphatic rings. The number of nitrogens with zero attached hydrogens (tertiary/aromatic N) is 3. The number of rotatable bonds is 10. The molecule has 4 rings (SSSR count). The first-order chi connectivity index (χ1) is 19.4. The van der Waals surface area contributed by atoms with E-state index in [1.807, 2.05) is 19.1 Å². The molecule has 9 nitrogen and oxygen atoms in total. The highest BCUT2D eigenvalue weighted by molar-refractivity contribution is 6.06. The number of carbonyl (C=O) groups is 2. The predicted molar refractivity (Wildman–Crippen MR) is 155 cm³/mol. The van der Waals surface area contributed by atoms with Crippen LogP contribution in [0, 0.1) is 11.2 Å². The van der Waals surface area contributed by atoms with E-state index < -0.39 is 5.82 Å². The number of nitrogens with one attached hydrogen (secondary N) is 1. The number of halogens is 1. The van der Waals surface area contributed by atoms with Crippen molar-refractivity contribution in [1.82, 2.24) is 14.7 Å². The van der Waals surface area contributed by atoms with Crippen LogP contribution in [0.3, 0.4) is 0 Å². The number of ketones is 1. The molecule has 0 aromatic heterocycles. The van der Waals surface area contributed by atoms with Crippen molar-refractivity contribution in [3.8, 4) is 11.5 Å². The molecule has 2 aromatic rings. The van der Waals surface area contributed by atoms with Gasteiger partial charge in [-0.2, -0.15) is 0 Å². The lowest BCUT2D eigenvalue weighted by Crippen LogP contribution is -2.47. The Morgan fingerprint density at radius 2 is 1.66 bits per heavy atom. The first-order valence-electron chi connectivity index (χ1n) is 14.0. The number of methoxy groups -OCH3 is 2. The number of carbonyl (C=O) groups excluding carboxylic acids is 2. The zero-order chi connectivity index (χ0) is 29.9. The summed E-state index contributed by atoms with van der Waals surface area (Å²) in [6.07, 6.45) is 0. The van der Waals surface area contributed by atoms with E-state index in [2.05, 4.69) is 36.6 Å². The van der Waals surface area contributed by atoms with Gasteiger partial charge >= 0.3 is 5.97 Å². The molecule has 0 amide bonds. The SMILES string of the molecule is CCOC(=O)CN1CCN(Cc2cc(C(=O)CN3Cc4cc(OC)c(OC)c(F)c4C3=N)cc(C(C)(C)C)c2)CC1. The first kappa shape index (κ1) is 30.5. The first-order valence-corrected chi connectivity index (χ1v) is 14.0. The minimum absolute atomic E-state index is 0.0420. The van der Waals surface area contributed by atoms with Crippen LogP contribution in [0.1, 0.15) is 60.3 Å². The Hall–Kier alpha value is -3.50. The van der Waals surface area contributed by atoms with E-state index in [-0.39, 0.29) is 53.2 Å². The Morgan fingerprint density at radius 1 is 0.976 bits per heavy atom. The molecule has 222 valence electrons. The average Bonchev–Trinajstić information content (AvgIpc) is 3.23. The van der Waals surface area contributed by atoms with Crippen LogP contribution in [0.4, 0.5) is 4.39 Å². The fraction of sp³-hybridized carbons (Fsp3) is 0.516. The molecule has 0 atom stereocenters. The molecule has 2 heterocycles. The Bertz CT molecular complexity index is 1310. The van der Waals surface area contributed by atoms with Gasteiger partial charge < -0.3 is 19.1 Å². The second-order valence-electron chi connectivity index (χ2n) is 11.6. The van der Waals surface area contributed by atoms with E-state index in [0.717, 1.165) is 37.3 Å². The van der Waals surface area contributed by atoms with Crippen molar-refractivity contribution in [2.24, 2.45) is 0 Å². The number of amidine groups is 1. The van der Waals surface area contributed by atoms with Gasteiger partial charge in [-0.25, -0.2) is 4.39 Å². The van der Waals surface area contributed by atoms with Gasteiger partial charge in [-0.1, -0.05) is 26.8 Å². The maximum Gasteiger partial charge on any atom is 0.320 e. The number of hydrogen-bond acceptors (Lipinski definition) is 8. The summed E-state index contributed by atoms with van der Waals surface area (Å²) >= 11 is 0. The Balaban J connectivity index is 1.48. The average molecular weight is 569 g/mol. The minimum atomic E-state index is -0.652. The molecular formula is C31H41FN4O5. The van der Waals surface area contributed by atoms with Crippen molar-refractivity contribution in [2.75, 3.05) is 60.1 Å². The summed E-state index contributed by atoms with van der Waals surface area (Å²) in [5, 5.41) is 8.62. The Labute approximate surface area is 241 Å². The van der Waals surface area contributed by atoms with Gasteiger partial charge in [0, 0.05) is 44.8 Å². The third-order valence-corrected chi connectivity index (χ3v) is 7.65. The molecule has 0 spiro atoms. The van der Waals surface area contributed by atoms with Crippen molar-refractivity contribution >= 4 is 17.6 Å². The van der Waals surface area contributed by atoms with Crippen molar-refractivity contribution in [1.29, 1.82) is 5.41 Å². The monoisotopic (exact) mass is 568 g/mol. The third kappa shape index (κ3) is 6.87. The molecule has 0 aliphatic carbocycles. The van der Waals surface area contributed by atoms with E-state index in [0.29, 0.717) is 30.8 Å². The van der Waals surface area contributed by atoms with Gasteiger partial charge in [-0.05, 0) is 47.2 Å². The minimum Gasteiger partial charge on any atom is -0.493 e. The predicted octanol–water partition coefficient (Wildman–Crippen LogP) is 3.84. The van der Waals surface area contributed by atoms with Crippen LogP contribution in [0.25, 0.3) is 0 Å². The standard InChI is InChI=1S/C31H41FN4O5/c1-7-41-26(38)19-35-10-8-34(9-11-35)16-20-12-21(14-23(13-20)31(2,3)4)24(37)18-36-17-22-15-25(39-5)29(40-6)28(32)27(22)30(36)33/h12-15,33H,7-11,16-19H2,1-6H3. The summed E-state index contributed by atoms with van der Waals surface area (Å²) in [4.78, 5) is 31.5. The summed E-state index contributed by atoms with van der Waals surface area (Å²) in [5.41, 5.74) is 3.23. The van der Waals surface area contributed by atoms with Crippen molar-refractivity contribution < 1.29 is 28.2 Å². The fourth-order valence-corrected chi connectivity index (χ4v) is 5.35. The Kier molecular flexibility index (Phi) is 9.34. The fourth-order valence-electron chi connectivity index (χ4n) is 5.35. The van der Waals surface area contributed by atoms with E-state index in [9.17, 15) is 9.59 Å². The molecule has 1 N–H and O–H groups in total. The van der Waals surface area contributed by atoms with Crippen LogP contribution >= 0.6 is 0 Å². The maximum absolute atomic E-state index is 15.2. The lowest BCUT2D eigenvalue weighted by molar-refractivity contribution is -0.144. The molecule has 0 unspecified atom stereocenters. The summed E-state index contributed by atoms with van der Waals surface area (Å²) < 4.78 is 30.7. The lowest BCUT2D eigenvalue weighted by atomic mass is 9.84. The molecule has 41 heavy (non-hydrogen) atoms. The second kappa shape index (κ2) is 12.6. The van der Waals surface area contributed by atoms with Crippen molar-refractivity contribution in [3.63, 3.8) is 0 Å². The van der Waals surface area contributed by atoms with Gasteiger partial charge in [0.15, 0.2) is 23.1 Å². The molecule has 0 saturated carbocycles. The van der Waals surface area contributed by atoms with E-state index >= 15 is 4.39 Å². The molecule has 0 radical (unpaired) electrons. The van der Waals surface area contributed by atoms with E-state index in [1.165, 1.54) is 14.2 Å². The number of benzene rings is 2. The number of ether oxygens (including phenoxy) is 3. The van der Waals surface area contributed by atoms with Crippen molar-refractivity contribution in [3.05, 3.63) is 57.9 Å². The van der Waals surface area contributed by atoms with Crippen molar-refractivity contribution in [2.45, 2.75) is 46.2 Å². The number of hydrogen-bond donors (Lipinski definition) is 1. The summed E-state index contributed by atoms with van der Waals surface area (Å²) in [6.45, 7) is 12.9. The van der Waals surface area contributed by atoms with Gasteiger partial charge in [-0.15, -0.1) is 0 Å².